The Bertz CT molecular complexity index is 815. The van der Waals surface area contributed by atoms with Crippen molar-refractivity contribution >= 4 is 36.4 Å². The largest absolute Gasteiger partial charge is 0.371 e. The van der Waals surface area contributed by atoms with Gasteiger partial charge in [-0.2, -0.15) is 0 Å². The van der Waals surface area contributed by atoms with Gasteiger partial charge in [0.2, 0.25) is 5.91 Å². The standard InChI is InChI=1S/C22H31N5O.2ClH/c1-17(2)24-10-12-25(13-11-24)22(28)19-8-9-26(15-19)20-4-6-21(7-5-20)27-14-18(3)23-16-27;;/h4-7,14,16-17,19H,8-13,15H2,1-3H3;2*1H/t19-;;/m0../s1. The molecule has 6 nitrogen and oxygen atoms in total. The topological polar surface area (TPSA) is 44.6 Å². The van der Waals surface area contributed by atoms with Crippen LogP contribution in [0.3, 0.4) is 0 Å². The molecule has 3 heterocycles. The third kappa shape index (κ3) is 5.29. The molecule has 2 aromatic rings. The summed E-state index contributed by atoms with van der Waals surface area (Å²) in [7, 11) is 0. The number of hydrogen-bond acceptors (Lipinski definition) is 4. The van der Waals surface area contributed by atoms with Gasteiger partial charge >= 0.3 is 0 Å². The zero-order valence-corrected chi connectivity index (χ0v) is 19.7. The van der Waals surface area contributed by atoms with Crippen LogP contribution >= 0.6 is 24.8 Å². The smallest absolute Gasteiger partial charge is 0.227 e. The van der Waals surface area contributed by atoms with Gasteiger partial charge < -0.3 is 14.4 Å². The summed E-state index contributed by atoms with van der Waals surface area (Å²) in [5.74, 6) is 0.470. The van der Waals surface area contributed by atoms with Gasteiger partial charge in [0.1, 0.15) is 0 Å². The summed E-state index contributed by atoms with van der Waals surface area (Å²) in [5.41, 5.74) is 3.32. The first-order valence-electron chi connectivity index (χ1n) is 10.4. The Morgan fingerprint density at radius 1 is 1.00 bits per heavy atom. The molecule has 1 aromatic heterocycles. The lowest BCUT2D eigenvalue weighted by Gasteiger charge is -2.37. The Labute approximate surface area is 192 Å². The molecule has 4 rings (SSSR count). The van der Waals surface area contributed by atoms with Crippen molar-refractivity contribution in [1.82, 2.24) is 19.4 Å². The SMILES string of the molecule is Cc1cn(-c2ccc(N3CC[C@H](C(=O)N4CCN(C(C)C)CC4)C3)cc2)cn1.Cl.Cl. The zero-order valence-electron chi connectivity index (χ0n) is 18.0. The zero-order chi connectivity index (χ0) is 19.7. The van der Waals surface area contributed by atoms with Gasteiger partial charge in [0, 0.05) is 62.9 Å². The number of carbonyl (C=O) groups excluding carboxylic acids is 1. The Hall–Kier alpha value is -1.76. The Morgan fingerprint density at radius 2 is 1.63 bits per heavy atom. The molecule has 2 aliphatic heterocycles. The third-order valence-corrected chi connectivity index (χ3v) is 6.12. The minimum absolute atomic E-state index is 0. The lowest BCUT2D eigenvalue weighted by Crippen LogP contribution is -2.52. The number of aromatic nitrogens is 2. The number of anilines is 1. The first kappa shape index (κ1) is 24.5. The molecule has 8 heteroatoms. The number of halogens is 2. The van der Waals surface area contributed by atoms with Crippen LogP contribution in [0.4, 0.5) is 5.69 Å². The van der Waals surface area contributed by atoms with Gasteiger partial charge in [-0.05, 0) is 51.5 Å². The number of rotatable bonds is 4. The van der Waals surface area contributed by atoms with Crippen molar-refractivity contribution in [3.8, 4) is 5.69 Å². The number of imidazole rings is 1. The van der Waals surface area contributed by atoms with E-state index in [1.807, 2.05) is 24.0 Å². The molecule has 0 aliphatic carbocycles. The van der Waals surface area contributed by atoms with Crippen molar-refractivity contribution in [2.45, 2.75) is 33.2 Å². The van der Waals surface area contributed by atoms with E-state index in [1.165, 1.54) is 5.69 Å². The maximum atomic E-state index is 13.0. The van der Waals surface area contributed by atoms with Gasteiger partial charge in [-0.15, -0.1) is 24.8 Å². The van der Waals surface area contributed by atoms with Crippen LogP contribution in [0, 0.1) is 12.8 Å². The summed E-state index contributed by atoms with van der Waals surface area (Å²) in [6.07, 6.45) is 4.82. The number of benzene rings is 1. The molecular formula is C22H33Cl2N5O. The first-order valence-corrected chi connectivity index (χ1v) is 10.4. The fraction of sp³-hybridized carbons (Fsp3) is 0.545. The second kappa shape index (κ2) is 10.5. The number of carbonyl (C=O) groups is 1. The van der Waals surface area contributed by atoms with Crippen molar-refractivity contribution in [3.63, 3.8) is 0 Å². The van der Waals surface area contributed by atoms with Crippen LogP contribution in [0.25, 0.3) is 5.69 Å². The van der Waals surface area contributed by atoms with Gasteiger partial charge in [0.15, 0.2) is 0 Å². The van der Waals surface area contributed by atoms with Crippen LogP contribution in [-0.4, -0.2) is 70.6 Å². The van der Waals surface area contributed by atoms with Gasteiger partial charge in [-0.25, -0.2) is 4.98 Å². The molecule has 2 saturated heterocycles. The number of hydrogen-bond donors (Lipinski definition) is 0. The van der Waals surface area contributed by atoms with Gasteiger partial charge in [0.05, 0.1) is 17.9 Å². The van der Waals surface area contributed by atoms with Crippen LogP contribution in [0.1, 0.15) is 26.0 Å². The van der Waals surface area contributed by atoms with Crippen LogP contribution < -0.4 is 4.90 Å². The second-order valence-corrected chi connectivity index (χ2v) is 8.33. The lowest BCUT2D eigenvalue weighted by atomic mass is 10.1. The Balaban J connectivity index is 0.00000160. The second-order valence-electron chi connectivity index (χ2n) is 8.33. The van der Waals surface area contributed by atoms with Crippen LogP contribution in [-0.2, 0) is 4.79 Å². The van der Waals surface area contributed by atoms with Crippen LogP contribution in [0.2, 0.25) is 0 Å². The molecule has 30 heavy (non-hydrogen) atoms. The van der Waals surface area contributed by atoms with E-state index in [-0.39, 0.29) is 30.7 Å². The molecule has 0 N–H and O–H groups in total. The first-order chi connectivity index (χ1) is 13.5. The van der Waals surface area contributed by atoms with E-state index >= 15 is 0 Å². The quantitative estimate of drug-likeness (QED) is 0.711. The normalized spacial score (nSPS) is 19.5. The van der Waals surface area contributed by atoms with E-state index in [0.717, 1.165) is 57.1 Å². The number of aryl methyl sites for hydroxylation is 1. The molecule has 1 atom stereocenters. The molecule has 1 aromatic carbocycles. The lowest BCUT2D eigenvalue weighted by molar-refractivity contribution is -0.136. The number of nitrogens with zero attached hydrogens (tertiary/aromatic N) is 5. The predicted octanol–water partition coefficient (Wildman–Crippen LogP) is 3.40. The van der Waals surface area contributed by atoms with E-state index < -0.39 is 0 Å². The highest BCUT2D eigenvalue weighted by Crippen LogP contribution is 2.26. The minimum atomic E-state index is 0. The van der Waals surface area contributed by atoms with Crippen molar-refractivity contribution in [3.05, 3.63) is 42.5 Å². The van der Waals surface area contributed by atoms with E-state index in [0.29, 0.717) is 11.9 Å². The van der Waals surface area contributed by atoms with E-state index in [4.69, 9.17) is 0 Å². The van der Waals surface area contributed by atoms with Gasteiger partial charge in [0.25, 0.3) is 0 Å². The fourth-order valence-corrected chi connectivity index (χ4v) is 4.31. The summed E-state index contributed by atoms with van der Waals surface area (Å²) in [6, 6.07) is 9.11. The Kier molecular flexibility index (Phi) is 8.59. The van der Waals surface area contributed by atoms with E-state index in [2.05, 4.69) is 57.8 Å². The summed E-state index contributed by atoms with van der Waals surface area (Å²) >= 11 is 0. The average molecular weight is 454 g/mol. The van der Waals surface area contributed by atoms with Crippen molar-refractivity contribution < 1.29 is 4.79 Å². The highest BCUT2D eigenvalue weighted by Gasteiger charge is 2.33. The molecule has 166 valence electrons. The molecule has 0 bridgehead atoms. The Morgan fingerprint density at radius 3 is 2.20 bits per heavy atom. The third-order valence-electron chi connectivity index (χ3n) is 6.12. The molecule has 2 fully saturated rings. The van der Waals surface area contributed by atoms with Gasteiger partial charge in [-0.1, -0.05) is 0 Å². The van der Waals surface area contributed by atoms with Crippen LogP contribution in [0.15, 0.2) is 36.8 Å². The molecular weight excluding hydrogens is 421 g/mol. The van der Waals surface area contributed by atoms with Crippen molar-refractivity contribution in [1.29, 1.82) is 0 Å². The molecule has 0 radical (unpaired) electrons. The summed E-state index contributed by atoms with van der Waals surface area (Å²) in [5, 5.41) is 0. The molecule has 0 unspecified atom stereocenters. The van der Waals surface area contributed by atoms with Crippen molar-refractivity contribution in [2.24, 2.45) is 5.92 Å². The summed E-state index contributed by atoms with van der Waals surface area (Å²) in [6.45, 7) is 12.0. The van der Waals surface area contributed by atoms with E-state index in [1.54, 1.807) is 0 Å². The minimum Gasteiger partial charge on any atom is -0.371 e. The predicted molar refractivity (Wildman–Crippen MR) is 126 cm³/mol. The maximum absolute atomic E-state index is 13.0. The highest BCUT2D eigenvalue weighted by atomic mass is 35.5. The van der Waals surface area contributed by atoms with Crippen molar-refractivity contribution in [2.75, 3.05) is 44.2 Å². The maximum Gasteiger partial charge on any atom is 0.227 e. The van der Waals surface area contributed by atoms with E-state index in [9.17, 15) is 4.79 Å². The van der Waals surface area contributed by atoms with Crippen LogP contribution in [0.5, 0.6) is 0 Å². The fourth-order valence-electron chi connectivity index (χ4n) is 4.31. The summed E-state index contributed by atoms with van der Waals surface area (Å²) < 4.78 is 2.03. The highest BCUT2D eigenvalue weighted by molar-refractivity contribution is 5.85. The molecule has 0 saturated carbocycles. The monoisotopic (exact) mass is 453 g/mol. The summed E-state index contributed by atoms with van der Waals surface area (Å²) in [4.78, 5) is 24.1. The molecule has 2 aliphatic rings. The average Bonchev–Trinajstić information content (AvgIpc) is 3.37. The number of amides is 1. The number of piperazine rings is 1. The molecule has 1 amide bonds. The van der Waals surface area contributed by atoms with Gasteiger partial charge in [-0.3, -0.25) is 9.69 Å². The molecule has 0 spiro atoms.